The summed E-state index contributed by atoms with van der Waals surface area (Å²) >= 11 is 0. The number of rotatable bonds is 5. The van der Waals surface area contributed by atoms with E-state index in [2.05, 4.69) is 31.9 Å². The fourth-order valence-electron chi connectivity index (χ4n) is 4.67. The summed E-state index contributed by atoms with van der Waals surface area (Å²) in [5.41, 5.74) is 0.370. The van der Waals surface area contributed by atoms with Crippen LogP contribution in [0.15, 0.2) is 4.99 Å². The lowest BCUT2D eigenvalue weighted by atomic mass is 9.87. The van der Waals surface area contributed by atoms with E-state index in [4.69, 9.17) is 9.73 Å². The molecule has 1 spiro atoms. The average molecular weight is 502 g/mol. The number of nitrogens with zero attached hydrogens (tertiary/aromatic N) is 5. The van der Waals surface area contributed by atoms with Crippen molar-refractivity contribution in [1.29, 1.82) is 0 Å². The van der Waals surface area contributed by atoms with Crippen molar-refractivity contribution in [1.82, 2.24) is 25.0 Å². The normalized spacial score (nSPS) is 24.9. The van der Waals surface area contributed by atoms with Gasteiger partial charge in [-0.05, 0) is 39.0 Å². The Morgan fingerprint density at radius 1 is 1.21 bits per heavy atom. The van der Waals surface area contributed by atoms with Crippen LogP contribution in [0.5, 0.6) is 0 Å². The molecule has 0 saturated carbocycles. The minimum Gasteiger partial charge on any atom is -0.381 e. The van der Waals surface area contributed by atoms with Crippen LogP contribution in [-0.2, 0) is 24.1 Å². The molecule has 3 aliphatic heterocycles. The third kappa shape index (κ3) is 4.98. The van der Waals surface area contributed by atoms with E-state index in [-0.39, 0.29) is 24.0 Å². The molecule has 0 bridgehead atoms. The van der Waals surface area contributed by atoms with Crippen LogP contribution in [0.3, 0.4) is 0 Å². The quantitative estimate of drug-likeness (QED) is 0.290. The number of aryl methyl sites for hydroxylation is 2. The number of nitrogens with one attached hydrogen (secondary N) is 1. The second-order valence-electron chi connectivity index (χ2n) is 8.31. The number of hydrogen-bond donors (Lipinski definition) is 1. The highest BCUT2D eigenvalue weighted by Gasteiger charge is 2.42. The van der Waals surface area contributed by atoms with Crippen LogP contribution in [0.2, 0.25) is 0 Å². The van der Waals surface area contributed by atoms with Gasteiger partial charge in [-0.2, -0.15) is 0 Å². The van der Waals surface area contributed by atoms with Crippen molar-refractivity contribution in [2.24, 2.45) is 10.4 Å². The van der Waals surface area contributed by atoms with E-state index in [1.54, 1.807) is 0 Å². The van der Waals surface area contributed by atoms with Gasteiger partial charge in [0, 0.05) is 57.6 Å². The van der Waals surface area contributed by atoms with Crippen LogP contribution >= 0.6 is 24.0 Å². The van der Waals surface area contributed by atoms with Crippen molar-refractivity contribution in [3.63, 3.8) is 0 Å². The van der Waals surface area contributed by atoms with Gasteiger partial charge in [-0.3, -0.25) is 4.99 Å². The predicted octanol–water partition coefficient (Wildman–Crippen LogP) is 2.63. The van der Waals surface area contributed by atoms with Gasteiger partial charge in [0.15, 0.2) is 5.96 Å². The Hall–Kier alpha value is -0.900. The first-order chi connectivity index (χ1) is 13.3. The Morgan fingerprint density at radius 2 is 2.14 bits per heavy atom. The van der Waals surface area contributed by atoms with Crippen LogP contribution in [0.1, 0.15) is 57.1 Å². The molecule has 2 fully saturated rings. The second kappa shape index (κ2) is 10.2. The molecule has 28 heavy (non-hydrogen) atoms. The van der Waals surface area contributed by atoms with Crippen LogP contribution in [0.25, 0.3) is 0 Å². The summed E-state index contributed by atoms with van der Waals surface area (Å²) in [6.07, 6.45) is 9.29. The minimum atomic E-state index is 0. The Kier molecular flexibility index (Phi) is 7.96. The number of likely N-dealkylation sites (tertiary alicyclic amines) is 1. The smallest absolute Gasteiger partial charge is 0.193 e. The molecule has 3 aliphatic rings. The average Bonchev–Trinajstić information content (AvgIpc) is 3.37. The third-order valence-corrected chi connectivity index (χ3v) is 6.26. The predicted molar refractivity (Wildman–Crippen MR) is 121 cm³/mol. The first kappa shape index (κ1) is 21.8. The van der Waals surface area contributed by atoms with Gasteiger partial charge in [-0.15, -0.1) is 34.2 Å². The number of aliphatic imine (C=N–C) groups is 1. The highest BCUT2D eigenvalue weighted by atomic mass is 127. The lowest BCUT2D eigenvalue weighted by molar-refractivity contribution is 0.156. The van der Waals surface area contributed by atoms with Crippen LogP contribution in [0, 0.1) is 5.41 Å². The molecule has 1 aromatic heterocycles. The Labute approximate surface area is 185 Å². The SMILES string of the molecule is CCNC(=NCCCc1nnc2n1CCCCC2)N1CCC2(CCOC2)C1.I. The van der Waals surface area contributed by atoms with Gasteiger partial charge >= 0.3 is 0 Å². The Bertz CT molecular complexity index is 655. The summed E-state index contributed by atoms with van der Waals surface area (Å²) < 4.78 is 8.02. The van der Waals surface area contributed by atoms with Gasteiger partial charge in [-0.1, -0.05) is 6.42 Å². The molecule has 4 heterocycles. The van der Waals surface area contributed by atoms with E-state index < -0.39 is 0 Å². The third-order valence-electron chi connectivity index (χ3n) is 6.26. The largest absolute Gasteiger partial charge is 0.381 e. The minimum absolute atomic E-state index is 0. The lowest BCUT2D eigenvalue weighted by Crippen LogP contribution is -2.41. The number of ether oxygens (including phenoxy) is 1. The van der Waals surface area contributed by atoms with E-state index in [9.17, 15) is 0 Å². The molecule has 0 radical (unpaired) electrons. The zero-order valence-electron chi connectivity index (χ0n) is 17.2. The summed E-state index contributed by atoms with van der Waals surface area (Å²) in [6.45, 7) is 8.99. The molecule has 2 saturated heterocycles. The first-order valence-corrected chi connectivity index (χ1v) is 10.8. The molecule has 8 heteroatoms. The molecule has 7 nitrogen and oxygen atoms in total. The Balaban J connectivity index is 0.00000225. The van der Waals surface area contributed by atoms with E-state index in [1.165, 1.54) is 37.9 Å². The molecule has 1 N–H and O–H groups in total. The van der Waals surface area contributed by atoms with E-state index >= 15 is 0 Å². The van der Waals surface area contributed by atoms with E-state index in [0.717, 1.165) is 77.0 Å². The number of guanidine groups is 1. The lowest BCUT2D eigenvalue weighted by Gasteiger charge is -2.25. The first-order valence-electron chi connectivity index (χ1n) is 10.8. The molecule has 1 aromatic rings. The maximum absolute atomic E-state index is 5.66. The molecule has 0 amide bonds. The molecule has 4 rings (SSSR count). The van der Waals surface area contributed by atoms with Gasteiger partial charge in [-0.25, -0.2) is 0 Å². The van der Waals surface area contributed by atoms with Crippen molar-refractivity contribution < 1.29 is 4.74 Å². The molecule has 1 unspecified atom stereocenters. The molecule has 158 valence electrons. The molecular formula is C20H35IN6O. The fraction of sp³-hybridized carbons (Fsp3) is 0.850. The molecule has 0 aliphatic carbocycles. The standard InChI is InChI=1S/C20H34N6O.HI/c1-2-21-19(25-13-9-20(15-25)10-14-27-16-20)22-11-6-8-18-24-23-17-7-4-3-5-12-26(17)18;/h2-16H2,1H3,(H,21,22);1H. The maximum Gasteiger partial charge on any atom is 0.193 e. The maximum atomic E-state index is 5.66. The van der Waals surface area contributed by atoms with E-state index in [0.29, 0.717) is 5.41 Å². The number of fused-ring (bicyclic) bond motifs is 1. The van der Waals surface area contributed by atoms with Crippen molar-refractivity contribution in [3.8, 4) is 0 Å². The van der Waals surface area contributed by atoms with Crippen molar-refractivity contribution in [2.45, 2.75) is 64.8 Å². The molecule has 1 atom stereocenters. The zero-order chi connectivity index (χ0) is 18.5. The van der Waals surface area contributed by atoms with Gasteiger partial charge in [0.2, 0.25) is 0 Å². The summed E-state index contributed by atoms with van der Waals surface area (Å²) in [5, 5.41) is 12.3. The van der Waals surface area contributed by atoms with Crippen LogP contribution < -0.4 is 5.32 Å². The number of aromatic nitrogens is 3. The van der Waals surface area contributed by atoms with Crippen LogP contribution in [0.4, 0.5) is 0 Å². The fourth-order valence-corrected chi connectivity index (χ4v) is 4.67. The monoisotopic (exact) mass is 502 g/mol. The number of halogens is 1. The van der Waals surface area contributed by atoms with Gasteiger partial charge in [0.05, 0.1) is 6.61 Å². The van der Waals surface area contributed by atoms with Gasteiger partial charge < -0.3 is 19.5 Å². The van der Waals surface area contributed by atoms with Crippen molar-refractivity contribution in [2.75, 3.05) is 39.4 Å². The second-order valence-corrected chi connectivity index (χ2v) is 8.31. The molecule has 0 aromatic carbocycles. The van der Waals surface area contributed by atoms with Crippen LogP contribution in [-0.4, -0.2) is 65.0 Å². The van der Waals surface area contributed by atoms with Gasteiger partial charge in [0.25, 0.3) is 0 Å². The summed E-state index contributed by atoms with van der Waals surface area (Å²) in [5.74, 6) is 3.40. The summed E-state index contributed by atoms with van der Waals surface area (Å²) in [7, 11) is 0. The Morgan fingerprint density at radius 3 is 2.96 bits per heavy atom. The topological polar surface area (TPSA) is 67.6 Å². The van der Waals surface area contributed by atoms with Crippen molar-refractivity contribution in [3.05, 3.63) is 11.6 Å². The summed E-state index contributed by atoms with van der Waals surface area (Å²) in [6, 6.07) is 0. The molecular weight excluding hydrogens is 467 g/mol. The highest BCUT2D eigenvalue weighted by Crippen LogP contribution is 2.38. The van der Waals surface area contributed by atoms with E-state index in [1.807, 2.05) is 0 Å². The van der Waals surface area contributed by atoms with Gasteiger partial charge in [0.1, 0.15) is 11.6 Å². The van der Waals surface area contributed by atoms with Crippen molar-refractivity contribution >= 4 is 29.9 Å². The zero-order valence-corrected chi connectivity index (χ0v) is 19.5. The highest BCUT2D eigenvalue weighted by molar-refractivity contribution is 14.0. The summed E-state index contributed by atoms with van der Waals surface area (Å²) in [4.78, 5) is 7.35. The number of hydrogen-bond acceptors (Lipinski definition) is 4.